The minimum Gasteiger partial charge on any atom is -0.480 e. The van der Waals surface area contributed by atoms with Crippen molar-refractivity contribution >= 4 is 11.9 Å². The van der Waals surface area contributed by atoms with E-state index in [2.05, 4.69) is 0 Å². The zero-order valence-corrected chi connectivity index (χ0v) is 9.55. The number of carbonyl (C=O) groups is 2. The van der Waals surface area contributed by atoms with Crippen molar-refractivity contribution in [2.45, 2.75) is 31.9 Å². The number of hydrogen-bond donors (Lipinski definition) is 1. The first kappa shape index (κ1) is 11.4. The first-order valence-corrected chi connectivity index (χ1v) is 5.60. The van der Waals surface area contributed by atoms with Crippen LogP contribution in [0.1, 0.15) is 19.8 Å². The van der Waals surface area contributed by atoms with Crippen LogP contribution < -0.4 is 0 Å². The van der Waals surface area contributed by atoms with Crippen LogP contribution in [0.3, 0.4) is 0 Å². The predicted octanol–water partition coefficient (Wildman–Crippen LogP) is 0.343. The molecule has 0 bridgehead atoms. The van der Waals surface area contributed by atoms with E-state index in [1.54, 1.807) is 7.11 Å². The number of nitrogens with zero attached hydrogens (tertiary/aromatic N) is 1. The Morgan fingerprint density at radius 2 is 2.00 bits per heavy atom. The van der Waals surface area contributed by atoms with E-state index in [4.69, 9.17) is 9.84 Å². The average molecular weight is 227 g/mol. The van der Waals surface area contributed by atoms with Crippen LogP contribution in [0.25, 0.3) is 0 Å². The van der Waals surface area contributed by atoms with Crippen molar-refractivity contribution in [3.8, 4) is 0 Å². The highest BCUT2D eigenvalue weighted by Gasteiger charge is 2.47. The Morgan fingerprint density at radius 1 is 1.38 bits per heavy atom. The largest absolute Gasteiger partial charge is 0.480 e. The molecule has 1 N–H and O–H groups in total. The van der Waals surface area contributed by atoms with Gasteiger partial charge in [0.2, 0.25) is 5.91 Å². The molecule has 5 heteroatoms. The van der Waals surface area contributed by atoms with E-state index in [0.29, 0.717) is 18.9 Å². The SMILES string of the molecule is COC1CC(C(=O)O)N(C(=O)C2CC2C)C1. The zero-order valence-electron chi connectivity index (χ0n) is 9.55. The molecular weight excluding hydrogens is 210 g/mol. The Hall–Kier alpha value is -1.10. The molecule has 0 spiro atoms. The number of likely N-dealkylation sites (tertiary alicyclic amines) is 1. The van der Waals surface area contributed by atoms with Crippen molar-refractivity contribution in [1.29, 1.82) is 0 Å². The van der Waals surface area contributed by atoms with Gasteiger partial charge in [0.1, 0.15) is 6.04 Å². The molecule has 1 aliphatic carbocycles. The number of carboxylic acids is 1. The van der Waals surface area contributed by atoms with Gasteiger partial charge in [-0.2, -0.15) is 0 Å². The number of ether oxygens (including phenoxy) is 1. The van der Waals surface area contributed by atoms with Gasteiger partial charge < -0.3 is 14.7 Å². The Bertz CT molecular complexity index is 317. The van der Waals surface area contributed by atoms with Crippen LogP contribution in [-0.4, -0.2) is 47.7 Å². The summed E-state index contributed by atoms with van der Waals surface area (Å²) in [5, 5.41) is 9.06. The van der Waals surface area contributed by atoms with Crippen LogP contribution in [-0.2, 0) is 14.3 Å². The normalized spacial score (nSPS) is 37.5. The van der Waals surface area contributed by atoms with E-state index < -0.39 is 12.0 Å². The van der Waals surface area contributed by atoms with Gasteiger partial charge in [-0.05, 0) is 12.3 Å². The summed E-state index contributed by atoms with van der Waals surface area (Å²) >= 11 is 0. The van der Waals surface area contributed by atoms with Crippen molar-refractivity contribution < 1.29 is 19.4 Å². The van der Waals surface area contributed by atoms with Gasteiger partial charge in [0, 0.05) is 26.0 Å². The summed E-state index contributed by atoms with van der Waals surface area (Å²) in [5.74, 6) is -0.498. The van der Waals surface area contributed by atoms with Gasteiger partial charge in [-0.1, -0.05) is 6.92 Å². The molecule has 2 aliphatic rings. The van der Waals surface area contributed by atoms with Crippen LogP contribution >= 0.6 is 0 Å². The maximum atomic E-state index is 12.0. The number of carbonyl (C=O) groups excluding carboxylic acids is 1. The van der Waals surface area contributed by atoms with Gasteiger partial charge in [0.25, 0.3) is 0 Å². The number of rotatable bonds is 3. The lowest BCUT2D eigenvalue weighted by Gasteiger charge is -2.21. The average Bonchev–Trinajstić information content (AvgIpc) is 2.82. The molecule has 90 valence electrons. The summed E-state index contributed by atoms with van der Waals surface area (Å²) in [6, 6.07) is -0.703. The minimum absolute atomic E-state index is 0.0144. The van der Waals surface area contributed by atoms with Gasteiger partial charge >= 0.3 is 5.97 Å². The maximum absolute atomic E-state index is 12.0. The van der Waals surface area contributed by atoms with E-state index in [0.717, 1.165) is 6.42 Å². The molecule has 1 amide bonds. The van der Waals surface area contributed by atoms with Gasteiger partial charge in [-0.25, -0.2) is 4.79 Å². The lowest BCUT2D eigenvalue weighted by atomic mass is 10.2. The fraction of sp³-hybridized carbons (Fsp3) is 0.818. The number of methoxy groups -OCH3 is 1. The second-order valence-corrected chi connectivity index (χ2v) is 4.76. The third-order valence-corrected chi connectivity index (χ3v) is 3.59. The first-order valence-electron chi connectivity index (χ1n) is 5.60. The van der Waals surface area contributed by atoms with Crippen molar-refractivity contribution in [1.82, 2.24) is 4.90 Å². The zero-order chi connectivity index (χ0) is 11.9. The van der Waals surface area contributed by atoms with Gasteiger partial charge in [0.15, 0.2) is 0 Å². The van der Waals surface area contributed by atoms with Crippen LogP contribution in [0.15, 0.2) is 0 Å². The lowest BCUT2D eigenvalue weighted by molar-refractivity contribution is -0.148. The summed E-state index contributed by atoms with van der Waals surface area (Å²) in [6.07, 6.45) is 1.15. The minimum atomic E-state index is -0.929. The quantitative estimate of drug-likeness (QED) is 0.755. The Balaban J connectivity index is 2.06. The number of aliphatic carboxylic acids is 1. The third kappa shape index (κ3) is 1.91. The molecule has 1 saturated heterocycles. The lowest BCUT2D eigenvalue weighted by Crippen LogP contribution is -2.41. The van der Waals surface area contributed by atoms with E-state index in [1.807, 2.05) is 6.92 Å². The van der Waals surface area contributed by atoms with Gasteiger partial charge in [0.05, 0.1) is 6.10 Å². The molecule has 4 unspecified atom stereocenters. The summed E-state index contributed by atoms with van der Waals surface area (Å²) < 4.78 is 5.14. The van der Waals surface area contributed by atoms with Crippen LogP contribution in [0, 0.1) is 11.8 Å². The molecule has 0 radical (unpaired) electrons. The molecule has 1 aliphatic heterocycles. The molecule has 2 rings (SSSR count). The third-order valence-electron chi connectivity index (χ3n) is 3.59. The second-order valence-electron chi connectivity index (χ2n) is 4.76. The highest BCUT2D eigenvalue weighted by molar-refractivity contribution is 5.87. The fourth-order valence-corrected chi connectivity index (χ4v) is 2.33. The topological polar surface area (TPSA) is 66.8 Å². The second kappa shape index (κ2) is 4.05. The summed E-state index contributed by atoms with van der Waals surface area (Å²) in [5.41, 5.74) is 0. The van der Waals surface area contributed by atoms with Crippen LogP contribution in [0.5, 0.6) is 0 Å². The number of carboxylic acid groups (broad SMARTS) is 1. The predicted molar refractivity (Wildman–Crippen MR) is 55.8 cm³/mol. The molecular formula is C11H17NO4. The summed E-state index contributed by atoms with van der Waals surface area (Å²) in [7, 11) is 1.55. The van der Waals surface area contributed by atoms with Crippen LogP contribution in [0.2, 0.25) is 0 Å². The monoisotopic (exact) mass is 227 g/mol. The first-order chi connectivity index (χ1) is 7.54. The summed E-state index contributed by atoms with van der Waals surface area (Å²) in [6.45, 7) is 2.43. The smallest absolute Gasteiger partial charge is 0.326 e. The van der Waals surface area contributed by atoms with E-state index in [-0.39, 0.29) is 17.9 Å². The number of amides is 1. The Labute approximate surface area is 94.4 Å². The Kier molecular flexibility index (Phi) is 2.88. The summed E-state index contributed by atoms with van der Waals surface area (Å²) in [4.78, 5) is 24.5. The molecule has 0 aromatic carbocycles. The van der Waals surface area contributed by atoms with E-state index >= 15 is 0 Å². The van der Waals surface area contributed by atoms with Crippen molar-refractivity contribution in [3.63, 3.8) is 0 Å². The van der Waals surface area contributed by atoms with E-state index in [9.17, 15) is 9.59 Å². The van der Waals surface area contributed by atoms with Gasteiger partial charge in [-0.3, -0.25) is 4.79 Å². The molecule has 0 aromatic heterocycles. The molecule has 0 aromatic rings. The molecule has 2 fully saturated rings. The van der Waals surface area contributed by atoms with Crippen molar-refractivity contribution in [3.05, 3.63) is 0 Å². The maximum Gasteiger partial charge on any atom is 0.326 e. The van der Waals surface area contributed by atoms with E-state index in [1.165, 1.54) is 4.90 Å². The highest BCUT2D eigenvalue weighted by Crippen LogP contribution is 2.40. The van der Waals surface area contributed by atoms with Crippen molar-refractivity contribution in [2.75, 3.05) is 13.7 Å². The fourth-order valence-electron chi connectivity index (χ4n) is 2.33. The molecule has 16 heavy (non-hydrogen) atoms. The highest BCUT2D eigenvalue weighted by atomic mass is 16.5. The van der Waals surface area contributed by atoms with Gasteiger partial charge in [-0.15, -0.1) is 0 Å². The molecule has 5 nitrogen and oxygen atoms in total. The van der Waals surface area contributed by atoms with Crippen molar-refractivity contribution in [2.24, 2.45) is 11.8 Å². The van der Waals surface area contributed by atoms with Crippen LogP contribution in [0.4, 0.5) is 0 Å². The standard InChI is InChI=1S/C11H17NO4/c1-6-3-8(6)10(13)12-5-7(16-2)4-9(12)11(14)15/h6-9H,3-5H2,1-2H3,(H,14,15). The Morgan fingerprint density at radius 3 is 2.44 bits per heavy atom. The number of hydrogen-bond acceptors (Lipinski definition) is 3. The molecule has 1 heterocycles. The molecule has 4 atom stereocenters. The molecule has 1 saturated carbocycles.